The van der Waals surface area contributed by atoms with Gasteiger partial charge < -0.3 is 16.0 Å². The van der Waals surface area contributed by atoms with Crippen molar-refractivity contribution in [3.05, 3.63) is 0 Å². The van der Waals surface area contributed by atoms with Crippen LogP contribution >= 0.6 is 0 Å². The molecule has 1 aliphatic heterocycles. The molecule has 0 aliphatic carbocycles. The second-order valence-electron chi connectivity index (χ2n) is 5.60. The molecule has 0 saturated carbocycles. The Morgan fingerprint density at radius 2 is 2.00 bits per heavy atom. The van der Waals surface area contributed by atoms with Gasteiger partial charge in [-0.05, 0) is 51.2 Å². The molecule has 1 saturated heterocycles. The van der Waals surface area contributed by atoms with Crippen LogP contribution in [0.4, 0.5) is 0 Å². The van der Waals surface area contributed by atoms with Crippen molar-refractivity contribution in [3.63, 3.8) is 0 Å². The molecule has 4 heteroatoms. The third-order valence-corrected chi connectivity index (χ3v) is 3.71. The topological polar surface area (TPSA) is 58.4 Å². The largest absolute Gasteiger partial charge is 0.355 e. The van der Waals surface area contributed by atoms with Gasteiger partial charge in [0, 0.05) is 6.54 Å². The van der Waals surface area contributed by atoms with Crippen LogP contribution in [0.25, 0.3) is 0 Å². The van der Waals surface area contributed by atoms with E-state index in [9.17, 15) is 4.79 Å². The Hall–Kier alpha value is -0.610. The first-order valence-electron chi connectivity index (χ1n) is 6.72. The van der Waals surface area contributed by atoms with Gasteiger partial charge in [-0.3, -0.25) is 4.79 Å². The van der Waals surface area contributed by atoms with E-state index in [1.807, 2.05) is 13.8 Å². The molecule has 0 aromatic heterocycles. The van der Waals surface area contributed by atoms with Crippen molar-refractivity contribution in [3.8, 4) is 0 Å². The number of amides is 1. The molecule has 0 unspecified atom stereocenters. The van der Waals surface area contributed by atoms with Crippen LogP contribution in [-0.4, -0.2) is 43.5 Å². The van der Waals surface area contributed by atoms with Gasteiger partial charge in [0.1, 0.15) is 0 Å². The zero-order chi connectivity index (χ0) is 12.8. The van der Waals surface area contributed by atoms with Gasteiger partial charge in [-0.25, -0.2) is 0 Å². The number of hydrogen-bond acceptors (Lipinski definition) is 3. The van der Waals surface area contributed by atoms with Gasteiger partial charge in [-0.2, -0.15) is 0 Å². The normalized spacial score (nSPS) is 20.5. The Morgan fingerprint density at radius 1 is 1.41 bits per heavy atom. The number of nitrogens with zero attached hydrogens (tertiary/aromatic N) is 1. The quantitative estimate of drug-likeness (QED) is 0.749. The molecule has 0 aromatic carbocycles. The zero-order valence-corrected chi connectivity index (χ0v) is 11.4. The number of nitrogens with one attached hydrogen (secondary N) is 1. The summed E-state index contributed by atoms with van der Waals surface area (Å²) in [7, 11) is 2.17. The van der Waals surface area contributed by atoms with Gasteiger partial charge in [-0.15, -0.1) is 0 Å². The fourth-order valence-corrected chi connectivity index (χ4v) is 2.17. The molecule has 1 rings (SSSR count). The molecule has 1 heterocycles. The minimum Gasteiger partial charge on any atom is -0.355 e. The number of carbonyl (C=O) groups is 1. The lowest BCUT2D eigenvalue weighted by atomic mass is 9.94. The van der Waals surface area contributed by atoms with Crippen LogP contribution in [0.1, 0.15) is 33.1 Å². The number of carbonyl (C=O) groups excluding carboxylic acids is 1. The van der Waals surface area contributed by atoms with Gasteiger partial charge in [0.05, 0.1) is 6.04 Å². The highest BCUT2D eigenvalue weighted by atomic mass is 16.2. The summed E-state index contributed by atoms with van der Waals surface area (Å²) in [6, 6.07) is -0.368. The smallest absolute Gasteiger partial charge is 0.237 e. The fourth-order valence-electron chi connectivity index (χ4n) is 2.17. The van der Waals surface area contributed by atoms with Crippen molar-refractivity contribution in [1.29, 1.82) is 0 Å². The second-order valence-corrected chi connectivity index (χ2v) is 5.60. The SMILES string of the molecule is CC(C)[C@H](N)C(=O)NCCC1CCN(C)CC1. The second kappa shape index (κ2) is 6.97. The van der Waals surface area contributed by atoms with Crippen molar-refractivity contribution in [2.75, 3.05) is 26.7 Å². The summed E-state index contributed by atoms with van der Waals surface area (Å²) in [5, 5.41) is 2.94. The summed E-state index contributed by atoms with van der Waals surface area (Å²) in [6.07, 6.45) is 3.59. The third kappa shape index (κ3) is 5.04. The van der Waals surface area contributed by atoms with E-state index in [0.29, 0.717) is 0 Å². The maximum absolute atomic E-state index is 11.6. The van der Waals surface area contributed by atoms with Gasteiger partial charge >= 0.3 is 0 Å². The highest BCUT2D eigenvalue weighted by molar-refractivity contribution is 5.81. The minimum atomic E-state index is -0.368. The number of nitrogens with two attached hydrogens (primary N) is 1. The van der Waals surface area contributed by atoms with Gasteiger partial charge in [0.25, 0.3) is 0 Å². The van der Waals surface area contributed by atoms with Crippen LogP contribution in [0.3, 0.4) is 0 Å². The molecule has 17 heavy (non-hydrogen) atoms. The molecular weight excluding hydrogens is 214 g/mol. The average molecular weight is 241 g/mol. The van der Waals surface area contributed by atoms with Crippen molar-refractivity contribution >= 4 is 5.91 Å². The van der Waals surface area contributed by atoms with Crippen LogP contribution in [0.5, 0.6) is 0 Å². The molecule has 1 atom stereocenters. The lowest BCUT2D eigenvalue weighted by Crippen LogP contribution is -2.44. The number of piperidine rings is 1. The van der Waals surface area contributed by atoms with E-state index in [0.717, 1.165) is 18.9 Å². The summed E-state index contributed by atoms with van der Waals surface area (Å²) in [5.74, 6) is 0.966. The van der Waals surface area contributed by atoms with Crippen molar-refractivity contribution < 1.29 is 4.79 Å². The van der Waals surface area contributed by atoms with E-state index in [1.165, 1.54) is 25.9 Å². The Labute approximate surface area is 105 Å². The average Bonchev–Trinajstić information content (AvgIpc) is 2.30. The molecule has 0 aromatic rings. The van der Waals surface area contributed by atoms with E-state index >= 15 is 0 Å². The highest BCUT2D eigenvalue weighted by Gasteiger charge is 2.19. The molecule has 3 N–H and O–H groups in total. The lowest BCUT2D eigenvalue weighted by Gasteiger charge is -2.29. The molecular formula is C13H27N3O. The van der Waals surface area contributed by atoms with Crippen LogP contribution in [0.2, 0.25) is 0 Å². The maximum Gasteiger partial charge on any atom is 0.237 e. The van der Waals surface area contributed by atoms with Gasteiger partial charge in [0.2, 0.25) is 5.91 Å². The Bertz CT molecular complexity index is 235. The summed E-state index contributed by atoms with van der Waals surface area (Å²) in [5.41, 5.74) is 5.78. The summed E-state index contributed by atoms with van der Waals surface area (Å²) in [6.45, 7) is 7.09. The van der Waals surface area contributed by atoms with Gasteiger partial charge in [-0.1, -0.05) is 13.8 Å². The summed E-state index contributed by atoms with van der Waals surface area (Å²) < 4.78 is 0. The van der Waals surface area contributed by atoms with Crippen molar-refractivity contribution in [2.45, 2.75) is 39.2 Å². The zero-order valence-electron chi connectivity index (χ0n) is 11.4. The fraction of sp³-hybridized carbons (Fsp3) is 0.923. The Kier molecular flexibility index (Phi) is 5.92. The van der Waals surface area contributed by atoms with Crippen LogP contribution in [0, 0.1) is 11.8 Å². The first-order valence-corrected chi connectivity index (χ1v) is 6.72. The Morgan fingerprint density at radius 3 is 2.53 bits per heavy atom. The monoisotopic (exact) mass is 241 g/mol. The molecule has 1 fully saturated rings. The number of likely N-dealkylation sites (tertiary alicyclic amines) is 1. The Balaban J connectivity index is 2.13. The first kappa shape index (κ1) is 14.5. The van der Waals surface area contributed by atoms with Crippen LogP contribution < -0.4 is 11.1 Å². The molecule has 1 amide bonds. The molecule has 4 nitrogen and oxygen atoms in total. The summed E-state index contributed by atoms with van der Waals surface area (Å²) >= 11 is 0. The molecule has 0 bridgehead atoms. The van der Waals surface area contributed by atoms with Crippen molar-refractivity contribution in [2.24, 2.45) is 17.6 Å². The van der Waals surface area contributed by atoms with E-state index in [1.54, 1.807) is 0 Å². The molecule has 0 radical (unpaired) electrons. The van der Waals surface area contributed by atoms with Gasteiger partial charge in [0.15, 0.2) is 0 Å². The van der Waals surface area contributed by atoms with E-state index in [2.05, 4.69) is 17.3 Å². The summed E-state index contributed by atoms with van der Waals surface area (Å²) in [4.78, 5) is 14.0. The van der Waals surface area contributed by atoms with E-state index in [4.69, 9.17) is 5.73 Å². The maximum atomic E-state index is 11.6. The number of rotatable bonds is 5. The predicted molar refractivity (Wildman–Crippen MR) is 70.7 cm³/mol. The highest BCUT2D eigenvalue weighted by Crippen LogP contribution is 2.18. The lowest BCUT2D eigenvalue weighted by molar-refractivity contribution is -0.123. The molecule has 100 valence electrons. The first-order chi connectivity index (χ1) is 8.00. The third-order valence-electron chi connectivity index (χ3n) is 3.71. The minimum absolute atomic E-state index is 0.00655. The molecule has 0 spiro atoms. The van der Waals surface area contributed by atoms with Crippen LogP contribution in [0.15, 0.2) is 0 Å². The predicted octanol–water partition coefficient (Wildman–Crippen LogP) is 0.818. The van der Waals surface area contributed by atoms with E-state index in [-0.39, 0.29) is 17.9 Å². The number of hydrogen-bond donors (Lipinski definition) is 2. The van der Waals surface area contributed by atoms with Crippen molar-refractivity contribution in [1.82, 2.24) is 10.2 Å². The standard InChI is InChI=1S/C13H27N3O/c1-10(2)12(14)13(17)15-7-4-11-5-8-16(3)9-6-11/h10-12H,4-9,14H2,1-3H3,(H,15,17)/t12-/m0/s1. The van der Waals surface area contributed by atoms with E-state index < -0.39 is 0 Å². The molecule has 1 aliphatic rings. The van der Waals surface area contributed by atoms with Crippen LogP contribution in [-0.2, 0) is 4.79 Å².